The first-order valence-corrected chi connectivity index (χ1v) is 17.7. The summed E-state index contributed by atoms with van der Waals surface area (Å²) in [6.45, 7) is 13.2. The Morgan fingerprint density at radius 1 is 0.953 bits per heavy atom. The average Bonchev–Trinajstić information content (AvgIpc) is 2.97. The molecule has 0 heterocycles. The summed E-state index contributed by atoms with van der Waals surface area (Å²) in [6, 6.07) is 18.7. The summed E-state index contributed by atoms with van der Waals surface area (Å²) in [6.07, 6.45) is -0.727. The van der Waals surface area contributed by atoms with E-state index in [2.05, 4.69) is 41.5 Å². The molecule has 6 nitrogen and oxygen atoms in total. The van der Waals surface area contributed by atoms with Crippen LogP contribution < -0.4 is 9.47 Å². The zero-order valence-electron chi connectivity index (χ0n) is 26.1. The predicted molar refractivity (Wildman–Crippen MR) is 172 cm³/mol. The molecule has 230 valence electrons. The van der Waals surface area contributed by atoms with Crippen molar-refractivity contribution in [3.63, 3.8) is 0 Å². The molecule has 3 atom stereocenters. The topological polar surface area (TPSA) is 85.2 Å². The number of benzene rings is 3. The maximum atomic E-state index is 14.4. The lowest BCUT2D eigenvalue weighted by Gasteiger charge is -2.57. The lowest BCUT2D eigenvalue weighted by atomic mass is 9.58. The summed E-state index contributed by atoms with van der Waals surface area (Å²) in [5, 5.41) is 26.0. The molecular formula is C35H43ClO6Si. The number of aryl methyl sites for hydroxylation is 1. The van der Waals surface area contributed by atoms with Gasteiger partial charge in [0.05, 0.1) is 12.1 Å². The number of carbonyl (C=O) groups excluding carboxylic acids is 1. The second kappa shape index (κ2) is 11.7. The minimum Gasteiger partial charge on any atom is -0.497 e. The molecule has 0 saturated carbocycles. The molecule has 0 amide bonds. The fourth-order valence-electron chi connectivity index (χ4n) is 7.78. The van der Waals surface area contributed by atoms with Gasteiger partial charge in [0.1, 0.15) is 24.2 Å². The van der Waals surface area contributed by atoms with E-state index in [0.717, 1.165) is 11.1 Å². The highest BCUT2D eigenvalue weighted by molar-refractivity contribution is 6.77. The summed E-state index contributed by atoms with van der Waals surface area (Å²) in [5.74, 6) is 0.230. The van der Waals surface area contributed by atoms with E-state index < -0.39 is 31.4 Å². The van der Waals surface area contributed by atoms with Crippen molar-refractivity contribution in [1.29, 1.82) is 0 Å². The summed E-state index contributed by atoms with van der Waals surface area (Å²) >= 11 is 6.77. The van der Waals surface area contributed by atoms with Gasteiger partial charge in [-0.25, -0.2) is 0 Å². The highest BCUT2D eigenvalue weighted by Gasteiger charge is 2.69. The van der Waals surface area contributed by atoms with Crippen LogP contribution in [-0.2, 0) is 23.1 Å². The van der Waals surface area contributed by atoms with Crippen LogP contribution in [0.4, 0.5) is 0 Å². The quantitative estimate of drug-likeness (QED) is 0.236. The van der Waals surface area contributed by atoms with Crippen LogP contribution in [0, 0.1) is 0 Å². The summed E-state index contributed by atoms with van der Waals surface area (Å²) < 4.78 is 19.4. The minimum atomic E-state index is -2.72. The lowest BCUT2D eigenvalue weighted by Crippen LogP contribution is -2.67. The number of halogens is 1. The Morgan fingerprint density at radius 3 is 2.21 bits per heavy atom. The Hall–Kier alpha value is -2.68. The maximum absolute atomic E-state index is 14.4. The largest absolute Gasteiger partial charge is 0.497 e. The van der Waals surface area contributed by atoms with Crippen LogP contribution in [0.15, 0.2) is 60.7 Å². The molecule has 0 aromatic heterocycles. The van der Waals surface area contributed by atoms with Gasteiger partial charge in [-0.15, -0.1) is 0 Å². The molecule has 43 heavy (non-hydrogen) atoms. The number of hydrogen-bond donors (Lipinski definition) is 2. The fourth-order valence-corrected chi connectivity index (χ4v) is 13.6. The van der Waals surface area contributed by atoms with Gasteiger partial charge in [0.2, 0.25) is 8.32 Å². The molecule has 2 aliphatic carbocycles. The van der Waals surface area contributed by atoms with Gasteiger partial charge in [-0.05, 0) is 64.4 Å². The van der Waals surface area contributed by atoms with Crippen LogP contribution >= 0.6 is 11.6 Å². The molecule has 3 aromatic carbocycles. The van der Waals surface area contributed by atoms with E-state index in [0.29, 0.717) is 29.0 Å². The second-order valence-electron chi connectivity index (χ2n) is 12.9. The molecule has 0 spiro atoms. The second-order valence-corrected chi connectivity index (χ2v) is 18.7. The highest BCUT2D eigenvalue weighted by atomic mass is 35.5. The third kappa shape index (κ3) is 4.84. The Balaban J connectivity index is 1.81. The standard InChI is InChI=1S/C35H43ClO6Si/c1-21(2)43(22(3)4,23(5)6)42-33-27-18-26(40-7)19-28(36)30(27)32(37)34(38)17-16-25-14-11-15-29(31(25)35(33,34)39)41-20-24-12-9-8-10-13-24/h8-15,18-19,21-23,33,38-39H,16-17,20H2,1-7H3/t33-,34-,35+/m1/s1. The van der Waals surface area contributed by atoms with E-state index in [1.165, 1.54) is 7.11 Å². The van der Waals surface area contributed by atoms with Crippen molar-refractivity contribution in [3.8, 4) is 11.5 Å². The summed E-state index contributed by atoms with van der Waals surface area (Å²) in [7, 11) is -1.19. The molecule has 2 aliphatic rings. The molecular weight excluding hydrogens is 580 g/mol. The zero-order valence-corrected chi connectivity index (χ0v) is 27.9. The first-order chi connectivity index (χ1) is 20.3. The Labute approximate surface area is 261 Å². The van der Waals surface area contributed by atoms with Crippen molar-refractivity contribution in [2.75, 3.05) is 7.11 Å². The number of carbonyl (C=O) groups is 1. The average molecular weight is 623 g/mol. The SMILES string of the molecule is COc1cc(Cl)c2c(c1)[C@@H](O[Si](C(C)C)(C(C)C)C(C)C)[C@@]1(O)c3c(cccc3OCc3ccccc3)CC[C@@]1(O)C2=O. The fraction of sp³-hybridized carbons (Fsp3) is 0.457. The van der Waals surface area contributed by atoms with Gasteiger partial charge < -0.3 is 24.1 Å². The number of ketones is 1. The number of aliphatic hydroxyl groups is 2. The van der Waals surface area contributed by atoms with Gasteiger partial charge in [0, 0.05) is 11.1 Å². The smallest absolute Gasteiger partial charge is 0.201 e. The maximum Gasteiger partial charge on any atom is 0.201 e. The summed E-state index contributed by atoms with van der Waals surface area (Å²) in [4.78, 5) is 14.4. The van der Waals surface area contributed by atoms with Crippen LogP contribution in [0.2, 0.25) is 21.6 Å². The third-order valence-electron chi connectivity index (χ3n) is 9.74. The van der Waals surface area contributed by atoms with Crippen LogP contribution in [0.3, 0.4) is 0 Å². The van der Waals surface area contributed by atoms with Crippen molar-refractivity contribution in [2.24, 2.45) is 0 Å². The molecule has 0 aliphatic heterocycles. The van der Waals surface area contributed by atoms with E-state index >= 15 is 0 Å². The Morgan fingerprint density at radius 2 is 1.60 bits per heavy atom. The van der Waals surface area contributed by atoms with Crippen LogP contribution in [0.25, 0.3) is 0 Å². The molecule has 0 bridgehead atoms. The number of hydrogen-bond acceptors (Lipinski definition) is 6. The van der Waals surface area contributed by atoms with Gasteiger partial charge in [0.15, 0.2) is 17.0 Å². The predicted octanol–water partition coefficient (Wildman–Crippen LogP) is 7.92. The molecule has 5 rings (SSSR count). The van der Waals surface area contributed by atoms with Crippen molar-refractivity contribution in [1.82, 2.24) is 0 Å². The third-order valence-corrected chi connectivity index (χ3v) is 16.1. The zero-order chi connectivity index (χ0) is 31.3. The van der Waals surface area contributed by atoms with Crippen molar-refractivity contribution in [2.45, 2.75) is 94.9 Å². The summed E-state index contributed by atoms with van der Waals surface area (Å²) in [5.41, 5.74) is -1.12. The molecule has 0 saturated heterocycles. The van der Waals surface area contributed by atoms with Crippen molar-refractivity contribution < 1.29 is 28.9 Å². The molecule has 0 fully saturated rings. The van der Waals surface area contributed by atoms with Gasteiger partial charge in [-0.3, -0.25) is 4.79 Å². The van der Waals surface area contributed by atoms with Gasteiger partial charge in [0.25, 0.3) is 0 Å². The molecule has 3 aromatic rings. The first-order valence-electron chi connectivity index (χ1n) is 15.2. The number of fused-ring (bicyclic) bond motifs is 4. The normalized spacial score (nSPS) is 23.3. The van der Waals surface area contributed by atoms with Crippen molar-refractivity contribution >= 4 is 25.7 Å². The van der Waals surface area contributed by atoms with Crippen LogP contribution in [0.1, 0.15) is 86.7 Å². The number of Topliss-reactive ketones (excluding diaryl/α,β-unsaturated/α-hetero) is 1. The van der Waals surface area contributed by atoms with Gasteiger partial charge in [-0.1, -0.05) is 95.6 Å². The van der Waals surface area contributed by atoms with Gasteiger partial charge >= 0.3 is 0 Å². The minimum absolute atomic E-state index is 0.0126. The van der Waals surface area contributed by atoms with E-state index in [1.54, 1.807) is 18.2 Å². The van der Waals surface area contributed by atoms with E-state index in [9.17, 15) is 15.0 Å². The molecule has 0 unspecified atom stereocenters. The lowest BCUT2D eigenvalue weighted by molar-refractivity contribution is -0.199. The molecule has 2 N–H and O–H groups in total. The first kappa shape index (κ1) is 31.7. The molecule has 8 heteroatoms. The highest BCUT2D eigenvalue weighted by Crippen LogP contribution is 2.61. The van der Waals surface area contributed by atoms with Crippen molar-refractivity contribution in [3.05, 3.63) is 93.5 Å². The van der Waals surface area contributed by atoms with E-state index in [1.807, 2.05) is 42.5 Å². The molecule has 0 radical (unpaired) electrons. The van der Waals surface area contributed by atoms with E-state index in [-0.39, 0.29) is 40.2 Å². The van der Waals surface area contributed by atoms with E-state index in [4.69, 9.17) is 25.5 Å². The monoisotopic (exact) mass is 622 g/mol. The Bertz CT molecular complexity index is 1480. The number of rotatable bonds is 9. The van der Waals surface area contributed by atoms with Gasteiger partial charge in [-0.2, -0.15) is 0 Å². The number of methoxy groups -OCH3 is 1. The van der Waals surface area contributed by atoms with Crippen LogP contribution in [-0.4, -0.2) is 37.0 Å². The number of ether oxygens (including phenoxy) is 2. The van der Waals surface area contributed by atoms with Crippen LogP contribution in [0.5, 0.6) is 11.5 Å². The Kier molecular flexibility index (Phi) is 8.62.